The van der Waals surface area contributed by atoms with Gasteiger partial charge in [0.05, 0.1) is 12.7 Å². The Kier molecular flexibility index (Phi) is 2.20. The first kappa shape index (κ1) is 8.93. The van der Waals surface area contributed by atoms with Crippen molar-refractivity contribution < 1.29 is 20.1 Å². The normalized spacial score (nSPS) is 52.6. The summed E-state index contributed by atoms with van der Waals surface area (Å²) in [5.74, 6) is 0. The third-order valence-electron chi connectivity index (χ3n) is 2.30. The van der Waals surface area contributed by atoms with Gasteiger partial charge in [-0.1, -0.05) is 0 Å². The van der Waals surface area contributed by atoms with E-state index in [4.69, 9.17) is 9.84 Å². The second-order valence-corrected chi connectivity index (χ2v) is 3.21. The summed E-state index contributed by atoms with van der Waals surface area (Å²) in [4.78, 5) is 0. The van der Waals surface area contributed by atoms with E-state index >= 15 is 0 Å². The molecule has 11 heavy (non-hydrogen) atoms. The summed E-state index contributed by atoms with van der Waals surface area (Å²) < 4.78 is 5.02. The van der Waals surface area contributed by atoms with Crippen LogP contribution in [0.4, 0.5) is 0 Å². The number of ether oxygens (including phenoxy) is 1. The maximum absolute atomic E-state index is 9.55. The highest BCUT2D eigenvalue weighted by Gasteiger charge is 2.45. The van der Waals surface area contributed by atoms with Crippen LogP contribution in [0.15, 0.2) is 0 Å². The Morgan fingerprint density at radius 2 is 2.00 bits per heavy atom. The van der Waals surface area contributed by atoms with Gasteiger partial charge >= 0.3 is 0 Å². The zero-order chi connectivity index (χ0) is 8.65. The molecule has 0 saturated carbocycles. The lowest BCUT2D eigenvalue weighted by Gasteiger charge is -2.41. The summed E-state index contributed by atoms with van der Waals surface area (Å²) >= 11 is 0. The van der Waals surface area contributed by atoms with E-state index in [1.807, 2.05) is 0 Å². The van der Waals surface area contributed by atoms with Gasteiger partial charge in [-0.15, -0.1) is 0 Å². The minimum absolute atomic E-state index is 0.0818. The van der Waals surface area contributed by atoms with Gasteiger partial charge in [-0.25, -0.2) is 0 Å². The molecule has 0 unspecified atom stereocenters. The van der Waals surface area contributed by atoms with Crippen molar-refractivity contribution in [1.82, 2.24) is 0 Å². The second kappa shape index (κ2) is 2.71. The first-order valence-electron chi connectivity index (χ1n) is 3.66. The first-order chi connectivity index (χ1) is 4.96. The van der Waals surface area contributed by atoms with Crippen molar-refractivity contribution in [3.8, 4) is 0 Å². The van der Waals surface area contributed by atoms with Crippen LogP contribution in [0.5, 0.6) is 0 Å². The molecule has 1 fully saturated rings. The van der Waals surface area contributed by atoms with Gasteiger partial charge in [-0.2, -0.15) is 0 Å². The van der Waals surface area contributed by atoms with Gasteiger partial charge in [0.2, 0.25) is 0 Å². The fraction of sp³-hybridized carbons (Fsp3) is 1.00. The molecular formula is C7H14O4. The summed E-state index contributed by atoms with van der Waals surface area (Å²) in [6.07, 6.45) is -2.55. The summed E-state index contributed by atoms with van der Waals surface area (Å²) in [6, 6.07) is 0. The molecule has 1 heterocycles. The monoisotopic (exact) mass is 162 g/mol. The fourth-order valence-electron chi connectivity index (χ4n) is 1.13. The van der Waals surface area contributed by atoms with Gasteiger partial charge in [0.25, 0.3) is 0 Å². The average molecular weight is 162 g/mol. The average Bonchev–Trinajstić information content (AvgIpc) is 1.95. The van der Waals surface area contributed by atoms with Crippen molar-refractivity contribution in [3.63, 3.8) is 0 Å². The number of hydrogen-bond acceptors (Lipinski definition) is 4. The summed E-state index contributed by atoms with van der Waals surface area (Å²) in [6.45, 7) is 3.19. The van der Waals surface area contributed by atoms with Crippen LogP contribution in [0.3, 0.4) is 0 Å². The molecule has 3 N–H and O–H groups in total. The van der Waals surface area contributed by atoms with Crippen molar-refractivity contribution in [1.29, 1.82) is 0 Å². The summed E-state index contributed by atoms with van der Waals surface area (Å²) in [5.41, 5.74) is -1.35. The Bertz CT molecular complexity index is 145. The fourth-order valence-corrected chi connectivity index (χ4v) is 1.13. The SMILES string of the molecule is C[C@H]1OC[C@@H](O)[C@@H](O)[C@]1(C)O. The number of hydrogen-bond donors (Lipinski definition) is 3. The van der Waals surface area contributed by atoms with E-state index in [9.17, 15) is 10.2 Å². The molecule has 4 nitrogen and oxygen atoms in total. The molecule has 0 aliphatic carbocycles. The Morgan fingerprint density at radius 3 is 2.45 bits per heavy atom. The van der Waals surface area contributed by atoms with Crippen molar-refractivity contribution in [2.24, 2.45) is 0 Å². The van der Waals surface area contributed by atoms with Crippen LogP contribution >= 0.6 is 0 Å². The molecule has 1 aliphatic rings. The van der Waals surface area contributed by atoms with E-state index in [1.165, 1.54) is 6.92 Å². The quantitative estimate of drug-likeness (QED) is 0.422. The van der Waals surface area contributed by atoms with Gasteiger partial charge in [-0.3, -0.25) is 0 Å². The minimum Gasteiger partial charge on any atom is -0.388 e. The lowest BCUT2D eigenvalue weighted by atomic mass is 9.87. The predicted molar refractivity (Wildman–Crippen MR) is 38.1 cm³/mol. The van der Waals surface area contributed by atoms with E-state index in [2.05, 4.69) is 0 Å². The topological polar surface area (TPSA) is 69.9 Å². The van der Waals surface area contributed by atoms with Gasteiger partial charge in [0.15, 0.2) is 0 Å². The van der Waals surface area contributed by atoms with Crippen LogP contribution in [0.25, 0.3) is 0 Å². The molecule has 4 atom stereocenters. The molecule has 1 aliphatic heterocycles. The Balaban J connectivity index is 2.72. The molecule has 1 saturated heterocycles. The van der Waals surface area contributed by atoms with Crippen molar-refractivity contribution in [2.45, 2.75) is 37.8 Å². The van der Waals surface area contributed by atoms with Crippen LogP contribution in [0.1, 0.15) is 13.8 Å². The van der Waals surface area contributed by atoms with E-state index < -0.39 is 23.9 Å². The zero-order valence-corrected chi connectivity index (χ0v) is 6.69. The molecule has 0 radical (unpaired) electrons. The number of aliphatic hydroxyl groups is 3. The lowest BCUT2D eigenvalue weighted by molar-refractivity contribution is -0.229. The zero-order valence-electron chi connectivity index (χ0n) is 6.69. The van der Waals surface area contributed by atoms with Crippen LogP contribution in [0.2, 0.25) is 0 Å². The molecule has 0 amide bonds. The molecule has 0 aromatic rings. The van der Waals surface area contributed by atoms with Crippen LogP contribution in [0, 0.1) is 0 Å². The van der Waals surface area contributed by atoms with E-state index in [1.54, 1.807) is 6.92 Å². The minimum atomic E-state index is -1.35. The molecule has 0 spiro atoms. The standard InChI is InChI=1S/C7H14O4/c1-4-7(2,10)6(9)5(8)3-11-4/h4-6,8-10H,3H2,1-2H3/t4-,5-,6-,7-/m1/s1. The Labute approximate surface area is 65.4 Å². The van der Waals surface area contributed by atoms with Gasteiger partial charge in [0, 0.05) is 0 Å². The third kappa shape index (κ3) is 1.39. The van der Waals surface area contributed by atoms with E-state index in [0.717, 1.165) is 0 Å². The highest BCUT2D eigenvalue weighted by molar-refractivity contribution is 4.95. The van der Waals surface area contributed by atoms with Crippen LogP contribution in [-0.4, -0.2) is 45.8 Å². The summed E-state index contributed by atoms with van der Waals surface area (Å²) in [5, 5.41) is 27.9. The molecule has 66 valence electrons. The molecule has 0 bridgehead atoms. The van der Waals surface area contributed by atoms with Crippen molar-refractivity contribution in [3.05, 3.63) is 0 Å². The van der Waals surface area contributed by atoms with E-state index in [-0.39, 0.29) is 6.61 Å². The van der Waals surface area contributed by atoms with Gasteiger partial charge in [0.1, 0.15) is 17.8 Å². The van der Waals surface area contributed by atoms with Crippen LogP contribution < -0.4 is 0 Å². The molecular weight excluding hydrogens is 148 g/mol. The van der Waals surface area contributed by atoms with E-state index in [0.29, 0.717) is 0 Å². The smallest absolute Gasteiger partial charge is 0.116 e. The molecule has 0 aromatic carbocycles. The maximum atomic E-state index is 9.55. The molecule has 0 aromatic heterocycles. The van der Waals surface area contributed by atoms with Gasteiger partial charge in [-0.05, 0) is 13.8 Å². The first-order valence-corrected chi connectivity index (χ1v) is 3.66. The largest absolute Gasteiger partial charge is 0.388 e. The molecule has 1 rings (SSSR count). The maximum Gasteiger partial charge on any atom is 0.116 e. The van der Waals surface area contributed by atoms with Crippen LogP contribution in [-0.2, 0) is 4.74 Å². The summed E-state index contributed by atoms with van der Waals surface area (Å²) in [7, 11) is 0. The predicted octanol–water partition coefficient (Wildman–Crippen LogP) is -1.12. The Morgan fingerprint density at radius 1 is 1.45 bits per heavy atom. The van der Waals surface area contributed by atoms with Crippen molar-refractivity contribution in [2.75, 3.05) is 6.61 Å². The van der Waals surface area contributed by atoms with Gasteiger partial charge < -0.3 is 20.1 Å². The highest BCUT2D eigenvalue weighted by Crippen LogP contribution is 2.25. The third-order valence-corrected chi connectivity index (χ3v) is 2.30. The highest BCUT2D eigenvalue weighted by atomic mass is 16.5. The Hall–Kier alpha value is -0.160. The van der Waals surface area contributed by atoms with Crippen molar-refractivity contribution >= 4 is 0 Å². The second-order valence-electron chi connectivity index (χ2n) is 3.21. The number of aliphatic hydroxyl groups excluding tert-OH is 2. The molecule has 4 heteroatoms. The lowest BCUT2D eigenvalue weighted by Crippen LogP contribution is -2.60. The number of rotatable bonds is 0.